The van der Waals surface area contributed by atoms with Crippen LogP contribution in [-0.4, -0.2) is 16.3 Å². The summed E-state index contributed by atoms with van der Waals surface area (Å²) in [4.78, 5) is 10.8. The standard InChI is InChI=1S/C15H23O3P/c1-14(2,3)19(18,15(4,5)6)12-9-7-11(8-10-12)13(16)17/h7-10H,1-6H3,(H,16,17)/p-1. The Morgan fingerprint density at radius 2 is 1.32 bits per heavy atom. The van der Waals surface area contributed by atoms with Gasteiger partial charge in [0, 0.05) is 15.6 Å². The SMILES string of the molecule is CC(C)(C)P(=O)(c1ccc(C(=O)[O-])cc1)C(C)(C)C. The van der Waals surface area contributed by atoms with Crippen molar-refractivity contribution < 1.29 is 14.5 Å². The first-order valence-electron chi connectivity index (χ1n) is 6.33. The van der Waals surface area contributed by atoms with Crippen molar-refractivity contribution in [3.63, 3.8) is 0 Å². The number of carbonyl (C=O) groups excluding carboxylic acids is 1. The third kappa shape index (κ3) is 2.76. The number of hydrogen-bond acceptors (Lipinski definition) is 3. The van der Waals surface area contributed by atoms with Crippen LogP contribution in [0.1, 0.15) is 51.9 Å². The Morgan fingerprint density at radius 3 is 1.58 bits per heavy atom. The van der Waals surface area contributed by atoms with Crippen LogP contribution in [0.25, 0.3) is 0 Å². The molecule has 0 heterocycles. The zero-order valence-electron chi connectivity index (χ0n) is 12.5. The Bertz CT molecular complexity index is 498. The Labute approximate surface area is 115 Å². The molecule has 0 fully saturated rings. The van der Waals surface area contributed by atoms with Crippen molar-refractivity contribution in [2.75, 3.05) is 0 Å². The number of aromatic carboxylic acids is 1. The van der Waals surface area contributed by atoms with Crippen LogP contribution >= 0.6 is 7.14 Å². The van der Waals surface area contributed by atoms with E-state index in [4.69, 9.17) is 0 Å². The van der Waals surface area contributed by atoms with Crippen molar-refractivity contribution in [2.45, 2.75) is 51.9 Å². The van der Waals surface area contributed by atoms with Crippen molar-refractivity contribution in [2.24, 2.45) is 0 Å². The second-order valence-electron chi connectivity index (χ2n) is 6.79. The molecular weight excluding hydrogens is 259 g/mol. The van der Waals surface area contributed by atoms with Gasteiger partial charge < -0.3 is 14.5 Å². The predicted molar refractivity (Wildman–Crippen MR) is 77.5 cm³/mol. The Kier molecular flexibility index (Phi) is 4.03. The van der Waals surface area contributed by atoms with Crippen molar-refractivity contribution >= 4 is 18.4 Å². The Balaban J connectivity index is 3.45. The number of benzene rings is 1. The lowest BCUT2D eigenvalue weighted by Crippen LogP contribution is -2.35. The van der Waals surface area contributed by atoms with E-state index in [1.54, 1.807) is 12.1 Å². The maximum absolute atomic E-state index is 13.6. The summed E-state index contributed by atoms with van der Waals surface area (Å²) in [5.74, 6) is -1.21. The van der Waals surface area contributed by atoms with Gasteiger partial charge in [-0.2, -0.15) is 0 Å². The lowest BCUT2D eigenvalue weighted by atomic mass is 10.2. The summed E-state index contributed by atoms with van der Waals surface area (Å²) < 4.78 is 13.6. The molecule has 0 aromatic heterocycles. The minimum absolute atomic E-state index is 0.109. The molecule has 0 N–H and O–H groups in total. The van der Waals surface area contributed by atoms with E-state index >= 15 is 0 Å². The Hall–Kier alpha value is -1.08. The number of rotatable bonds is 2. The fourth-order valence-electron chi connectivity index (χ4n) is 2.59. The third-order valence-electron chi connectivity index (χ3n) is 3.36. The molecule has 1 aromatic carbocycles. The van der Waals surface area contributed by atoms with E-state index in [-0.39, 0.29) is 15.9 Å². The van der Waals surface area contributed by atoms with Crippen LogP contribution < -0.4 is 10.4 Å². The molecule has 19 heavy (non-hydrogen) atoms. The van der Waals surface area contributed by atoms with Gasteiger partial charge >= 0.3 is 0 Å². The van der Waals surface area contributed by atoms with E-state index < -0.39 is 13.1 Å². The molecule has 0 aliphatic heterocycles. The highest BCUT2D eigenvalue weighted by Crippen LogP contribution is 2.65. The van der Waals surface area contributed by atoms with Gasteiger partial charge in [0.05, 0.1) is 5.97 Å². The smallest absolute Gasteiger partial charge is 0.125 e. The van der Waals surface area contributed by atoms with Gasteiger partial charge in [-0.05, 0) is 5.56 Å². The molecule has 0 unspecified atom stereocenters. The first kappa shape index (κ1) is 16.0. The van der Waals surface area contributed by atoms with E-state index in [0.29, 0.717) is 0 Å². The summed E-state index contributed by atoms with van der Waals surface area (Å²) in [6.45, 7) is 11.8. The van der Waals surface area contributed by atoms with Gasteiger partial charge in [-0.15, -0.1) is 0 Å². The third-order valence-corrected chi connectivity index (χ3v) is 8.16. The molecule has 0 saturated heterocycles. The number of carboxylic acids is 1. The summed E-state index contributed by atoms with van der Waals surface area (Å²) in [5, 5.41) is 10.7. The molecule has 1 rings (SSSR count). The predicted octanol–water partition coefficient (Wildman–Crippen LogP) is 2.64. The van der Waals surface area contributed by atoms with Crippen molar-refractivity contribution in [3.05, 3.63) is 29.8 Å². The van der Waals surface area contributed by atoms with Gasteiger partial charge in [-0.25, -0.2) is 0 Å². The van der Waals surface area contributed by atoms with Crippen molar-refractivity contribution in [1.29, 1.82) is 0 Å². The minimum atomic E-state index is -2.70. The normalized spacial score (nSPS) is 13.4. The van der Waals surface area contributed by atoms with Crippen molar-refractivity contribution in [3.8, 4) is 0 Å². The van der Waals surface area contributed by atoms with Crippen LogP contribution in [0.15, 0.2) is 24.3 Å². The molecular formula is C15H22O3P-. The highest BCUT2D eigenvalue weighted by atomic mass is 31.2. The highest BCUT2D eigenvalue weighted by Gasteiger charge is 2.47. The van der Waals surface area contributed by atoms with Gasteiger partial charge in [-0.1, -0.05) is 65.8 Å². The Morgan fingerprint density at radius 1 is 0.947 bits per heavy atom. The maximum Gasteiger partial charge on any atom is 0.125 e. The number of carbonyl (C=O) groups is 1. The zero-order chi connectivity index (χ0) is 15.1. The average molecular weight is 281 g/mol. The summed E-state index contributed by atoms with van der Waals surface area (Å²) in [5.41, 5.74) is 0.109. The molecule has 0 amide bonds. The molecule has 1 aromatic rings. The highest BCUT2D eigenvalue weighted by molar-refractivity contribution is 7.74. The second-order valence-corrected chi connectivity index (χ2v) is 11.2. The first-order chi connectivity index (χ1) is 8.41. The van der Waals surface area contributed by atoms with E-state index in [1.807, 2.05) is 41.5 Å². The van der Waals surface area contributed by atoms with E-state index in [9.17, 15) is 14.5 Å². The number of hydrogen-bond donors (Lipinski definition) is 0. The monoisotopic (exact) mass is 281 g/mol. The zero-order valence-corrected chi connectivity index (χ0v) is 13.4. The molecule has 0 radical (unpaired) electrons. The molecule has 0 bridgehead atoms. The lowest BCUT2D eigenvalue weighted by molar-refractivity contribution is -0.255. The molecule has 0 aliphatic rings. The molecule has 0 atom stereocenters. The van der Waals surface area contributed by atoms with Gasteiger partial charge in [0.2, 0.25) is 0 Å². The summed E-state index contributed by atoms with van der Waals surface area (Å²) in [7, 11) is -2.70. The maximum atomic E-state index is 13.6. The number of carboxylic acid groups (broad SMARTS) is 1. The average Bonchev–Trinajstić information content (AvgIpc) is 2.25. The quantitative estimate of drug-likeness (QED) is 0.783. The van der Waals surface area contributed by atoms with Crippen LogP contribution in [0.2, 0.25) is 0 Å². The van der Waals surface area contributed by atoms with Gasteiger partial charge in [-0.3, -0.25) is 0 Å². The van der Waals surface area contributed by atoms with Gasteiger partial charge in [0.15, 0.2) is 0 Å². The van der Waals surface area contributed by atoms with Crippen LogP contribution in [0.3, 0.4) is 0 Å². The summed E-state index contributed by atoms with van der Waals surface area (Å²) in [6.07, 6.45) is 0. The molecule has 4 heteroatoms. The van der Waals surface area contributed by atoms with Crippen molar-refractivity contribution in [1.82, 2.24) is 0 Å². The lowest BCUT2D eigenvalue weighted by Gasteiger charge is -2.41. The second kappa shape index (κ2) is 4.79. The largest absolute Gasteiger partial charge is 0.545 e. The minimum Gasteiger partial charge on any atom is -0.545 e. The topological polar surface area (TPSA) is 57.2 Å². The molecule has 106 valence electrons. The van der Waals surface area contributed by atoms with Gasteiger partial charge in [0.1, 0.15) is 7.14 Å². The molecule has 0 spiro atoms. The van der Waals surface area contributed by atoms with Crippen LogP contribution in [0.5, 0.6) is 0 Å². The summed E-state index contributed by atoms with van der Waals surface area (Å²) in [6, 6.07) is 6.24. The summed E-state index contributed by atoms with van der Waals surface area (Å²) >= 11 is 0. The fraction of sp³-hybridized carbons (Fsp3) is 0.533. The van der Waals surface area contributed by atoms with E-state index in [2.05, 4.69) is 0 Å². The van der Waals surface area contributed by atoms with Gasteiger partial charge in [0.25, 0.3) is 0 Å². The van der Waals surface area contributed by atoms with E-state index in [1.165, 1.54) is 12.1 Å². The van der Waals surface area contributed by atoms with Crippen LogP contribution in [0, 0.1) is 0 Å². The molecule has 3 nitrogen and oxygen atoms in total. The van der Waals surface area contributed by atoms with Crippen LogP contribution in [-0.2, 0) is 4.57 Å². The van der Waals surface area contributed by atoms with E-state index in [0.717, 1.165) is 5.30 Å². The molecule has 0 aliphatic carbocycles. The van der Waals surface area contributed by atoms with Crippen LogP contribution in [0.4, 0.5) is 0 Å². The molecule has 0 saturated carbocycles. The first-order valence-corrected chi connectivity index (χ1v) is 8.04. The fourth-order valence-corrected chi connectivity index (χ4v) is 6.72.